The Kier molecular flexibility index (Phi) is 8.90. The summed E-state index contributed by atoms with van der Waals surface area (Å²) in [5.74, 6) is -0.0859. The molecular weight excluding hydrogens is 426 g/mol. The summed E-state index contributed by atoms with van der Waals surface area (Å²) in [4.78, 5) is 14.5. The summed E-state index contributed by atoms with van der Waals surface area (Å²) in [6, 6.07) is 8.91. The lowest BCUT2D eigenvalue weighted by molar-refractivity contribution is -0.196. The van der Waals surface area contributed by atoms with Crippen molar-refractivity contribution in [2.45, 2.75) is 89.4 Å². The smallest absolute Gasteiger partial charge is 0.302 e. The maximum Gasteiger partial charge on any atom is 0.302 e. The van der Waals surface area contributed by atoms with Crippen molar-refractivity contribution in [2.75, 3.05) is 6.61 Å². The quantitative estimate of drug-likeness (QED) is 0.189. The molecule has 4 unspecified atom stereocenters. The fraction of sp³-hybridized carbons (Fsp3) is 0.696. The van der Waals surface area contributed by atoms with E-state index in [1.54, 1.807) is 0 Å². The van der Waals surface area contributed by atoms with Gasteiger partial charge in [0.1, 0.15) is 18.8 Å². The van der Waals surface area contributed by atoms with Crippen LogP contribution in [0.5, 0.6) is 0 Å². The molecule has 1 saturated heterocycles. The molecule has 5 atom stereocenters. The van der Waals surface area contributed by atoms with Crippen molar-refractivity contribution < 1.29 is 24.1 Å². The Morgan fingerprint density at radius 3 is 2.47 bits per heavy atom. The Labute approximate surface area is 191 Å². The fourth-order valence-electron chi connectivity index (χ4n) is 4.13. The maximum atomic E-state index is 11.4. The number of hydrogen-bond donors (Lipinski definition) is 1. The molecule has 0 radical (unpaired) electrons. The van der Waals surface area contributed by atoms with Crippen molar-refractivity contribution >= 4 is 14.0 Å². The first-order valence-corrected chi connectivity index (χ1v) is 14.2. The Balaban J connectivity index is 2.44. The van der Waals surface area contributed by atoms with E-state index in [0.717, 1.165) is 5.56 Å². The summed E-state index contributed by atoms with van der Waals surface area (Å²) >= 11 is 0. The Morgan fingerprint density at radius 1 is 1.31 bits per heavy atom. The van der Waals surface area contributed by atoms with Crippen LogP contribution in [0.1, 0.15) is 40.2 Å². The zero-order chi connectivity index (χ0) is 24.1. The van der Waals surface area contributed by atoms with Crippen LogP contribution in [0.2, 0.25) is 18.1 Å². The van der Waals surface area contributed by atoms with E-state index in [1.165, 1.54) is 6.92 Å². The molecule has 1 N–H and O–H groups in total. The predicted octanol–water partition coefficient (Wildman–Crippen LogP) is 4.63. The Bertz CT molecular complexity index is 811. The number of azide groups is 1. The largest absolute Gasteiger partial charge is 0.463 e. The maximum absolute atomic E-state index is 11.4. The minimum Gasteiger partial charge on any atom is -0.463 e. The molecule has 0 aromatic heterocycles. The molecule has 1 aliphatic heterocycles. The fourth-order valence-corrected chi connectivity index (χ4v) is 7.98. The highest BCUT2D eigenvalue weighted by Crippen LogP contribution is 2.49. The second kappa shape index (κ2) is 10.8. The minimum atomic E-state index is -2.29. The lowest BCUT2D eigenvalue weighted by atomic mass is 9.97. The van der Waals surface area contributed by atoms with Crippen LogP contribution in [-0.2, 0) is 25.6 Å². The molecule has 1 heterocycles. The molecule has 1 aliphatic rings. The molecular formula is C23H37N3O5Si. The van der Waals surface area contributed by atoms with E-state index in [2.05, 4.69) is 50.8 Å². The topological polar surface area (TPSA) is 114 Å². The van der Waals surface area contributed by atoms with Crippen LogP contribution in [0, 0.1) is 5.92 Å². The Morgan fingerprint density at radius 2 is 1.94 bits per heavy atom. The van der Waals surface area contributed by atoms with Gasteiger partial charge < -0.3 is 19.3 Å². The average Bonchev–Trinajstić information content (AvgIpc) is 2.73. The molecule has 32 heavy (non-hydrogen) atoms. The first-order chi connectivity index (χ1) is 14.9. The highest BCUT2D eigenvalue weighted by atomic mass is 28.3. The molecule has 1 aromatic rings. The molecule has 0 amide bonds. The molecule has 8 nitrogen and oxygen atoms in total. The third kappa shape index (κ3) is 5.71. The molecule has 9 heteroatoms. The zero-order valence-electron chi connectivity index (χ0n) is 20.2. The van der Waals surface area contributed by atoms with Gasteiger partial charge in [-0.1, -0.05) is 76.2 Å². The molecule has 0 aliphatic carbocycles. The first kappa shape index (κ1) is 26.4. The standard InChI is InChI=1S/C23H37N3O5Si/c1-15(2)23(4,5)32(6,7)22-19(25-26-24)21(30-13-17-11-9-8-10-12-17)20(28)18(31-22)14-29-16(3)27/h8-12,15,18-22,28H,13-14H2,1-7H3/t18?,19?,20-,21?,22?/m1/s1. The van der Waals surface area contributed by atoms with Crippen LogP contribution < -0.4 is 0 Å². The number of carbonyl (C=O) groups is 1. The van der Waals surface area contributed by atoms with Crippen molar-refractivity contribution in [2.24, 2.45) is 11.0 Å². The van der Waals surface area contributed by atoms with Gasteiger partial charge in [-0.25, -0.2) is 0 Å². The van der Waals surface area contributed by atoms with Gasteiger partial charge in [-0.2, -0.15) is 0 Å². The zero-order valence-corrected chi connectivity index (χ0v) is 21.2. The van der Waals surface area contributed by atoms with Gasteiger partial charge in [-0.3, -0.25) is 4.79 Å². The lowest BCUT2D eigenvalue weighted by Gasteiger charge is -2.54. The summed E-state index contributed by atoms with van der Waals surface area (Å²) in [6.45, 7) is 14.7. The van der Waals surface area contributed by atoms with E-state index in [-0.39, 0.29) is 18.3 Å². The molecule has 1 fully saturated rings. The van der Waals surface area contributed by atoms with Crippen molar-refractivity contribution in [3.8, 4) is 0 Å². The highest BCUT2D eigenvalue weighted by Gasteiger charge is 2.56. The van der Waals surface area contributed by atoms with Crippen LogP contribution in [0.15, 0.2) is 35.4 Å². The van der Waals surface area contributed by atoms with E-state index < -0.39 is 44.1 Å². The third-order valence-electron chi connectivity index (χ3n) is 7.42. The lowest BCUT2D eigenvalue weighted by Crippen LogP contribution is -2.68. The summed E-state index contributed by atoms with van der Waals surface area (Å²) in [6.07, 6.45) is -2.68. The van der Waals surface area contributed by atoms with Crippen LogP contribution in [-0.4, -0.2) is 55.8 Å². The van der Waals surface area contributed by atoms with Crippen LogP contribution in [0.4, 0.5) is 0 Å². The van der Waals surface area contributed by atoms with E-state index in [1.807, 2.05) is 30.3 Å². The first-order valence-electron chi connectivity index (χ1n) is 11.1. The van der Waals surface area contributed by atoms with Gasteiger partial charge in [0.15, 0.2) is 0 Å². The number of benzene rings is 1. The molecule has 178 valence electrons. The van der Waals surface area contributed by atoms with Gasteiger partial charge in [0, 0.05) is 11.8 Å². The number of esters is 1. The van der Waals surface area contributed by atoms with Gasteiger partial charge in [0.2, 0.25) is 0 Å². The second-order valence-electron chi connectivity index (χ2n) is 9.94. The number of carbonyl (C=O) groups excluding carboxylic acids is 1. The van der Waals surface area contributed by atoms with Crippen LogP contribution in [0.3, 0.4) is 0 Å². The van der Waals surface area contributed by atoms with Crippen molar-refractivity contribution in [3.63, 3.8) is 0 Å². The van der Waals surface area contributed by atoms with E-state index in [9.17, 15) is 15.4 Å². The van der Waals surface area contributed by atoms with Gasteiger partial charge >= 0.3 is 5.97 Å². The van der Waals surface area contributed by atoms with Gasteiger partial charge in [-0.15, -0.1) is 0 Å². The average molecular weight is 464 g/mol. The van der Waals surface area contributed by atoms with Gasteiger partial charge in [-0.05, 0) is 22.1 Å². The van der Waals surface area contributed by atoms with E-state index in [4.69, 9.17) is 14.2 Å². The number of nitrogens with zero attached hydrogens (tertiary/aromatic N) is 3. The van der Waals surface area contributed by atoms with Crippen molar-refractivity contribution in [1.82, 2.24) is 0 Å². The number of aliphatic hydroxyl groups is 1. The molecule has 0 spiro atoms. The summed E-state index contributed by atoms with van der Waals surface area (Å²) in [7, 11) is -2.29. The monoisotopic (exact) mass is 463 g/mol. The van der Waals surface area contributed by atoms with E-state index in [0.29, 0.717) is 5.92 Å². The van der Waals surface area contributed by atoms with Crippen LogP contribution in [0.25, 0.3) is 10.4 Å². The van der Waals surface area contributed by atoms with E-state index >= 15 is 0 Å². The minimum absolute atomic E-state index is 0.0703. The van der Waals surface area contributed by atoms with Gasteiger partial charge in [0.25, 0.3) is 0 Å². The Hall–Kier alpha value is -1.90. The second-order valence-corrected chi connectivity index (χ2v) is 15.2. The van der Waals surface area contributed by atoms with Crippen molar-refractivity contribution in [3.05, 3.63) is 46.3 Å². The SMILES string of the molecule is CC(=O)OCC1OC([Si](C)(C)C(C)(C)C(C)C)C(N=[N+]=[N-])C(OCc2ccccc2)[C@@H]1O. The van der Waals surface area contributed by atoms with Crippen molar-refractivity contribution in [1.29, 1.82) is 0 Å². The normalized spacial score (nSPS) is 26.5. The number of ether oxygens (including phenoxy) is 3. The summed E-state index contributed by atoms with van der Waals surface area (Å²) < 4.78 is 17.7. The van der Waals surface area contributed by atoms with Gasteiger partial charge in [0.05, 0.1) is 32.6 Å². The highest BCUT2D eigenvalue weighted by molar-refractivity contribution is 6.81. The summed E-state index contributed by atoms with van der Waals surface area (Å²) in [5, 5.41) is 15.1. The number of hydrogen-bond acceptors (Lipinski definition) is 6. The molecule has 0 bridgehead atoms. The predicted molar refractivity (Wildman–Crippen MR) is 126 cm³/mol. The third-order valence-corrected chi connectivity index (χ3v) is 13.2. The van der Waals surface area contributed by atoms with Crippen LogP contribution >= 0.6 is 0 Å². The molecule has 0 saturated carbocycles. The molecule has 1 aromatic carbocycles. The molecule has 2 rings (SSSR count). The number of aliphatic hydroxyl groups excluding tert-OH is 1. The summed E-state index contributed by atoms with van der Waals surface area (Å²) in [5.41, 5.74) is 9.87. The number of rotatable bonds is 9.